The van der Waals surface area contributed by atoms with Gasteiger partial charge in [0.2, 0.25) is 5.91 Å². The van der Waals surface area contributed by atoms with Gasteiger partial charge in [-0.2, -0.15) is 11.8 Å². The fourth-order valence-electron chi connectivity index (χ4n) is 2.71. The Labute approximate surface area is 112 Å². The maximum Gasteiger partial charge on any atom is 0.238 e. The molecular weight excluding hydrogens is 244 g/mol. The standard InChI is InChI=1S/C14H18N2OS/c17-14(13-9-18-8-7-15-13)16-12-6-5-10-3-1-2-4-11(10)12/h1-4,12-13,15H,5-9H2,(H,16,17). The van der Waals surface area contributed by atoms with Gasteiger partial charge in [-0.05, 0) is 24.0 Å². The number of carbonyl (C=O) groups is 1. The van der Waals surface area contributed by atoms with Crippen molar-refractivity contribution in [3.05, 3.63) is 35.4 Å². The van der Waals surface area contributed by atoms with Gasteiger partial charge in [0.25, 0.3) is 0 Å². The fourth-order valence-corrected chi connectivity index (χ4v) is 3.65. The molecule has 1 aliphatic heterocycles. The zero-order valence-corrected chi connectivity index (χ0v) is 11.1. The van der Waals surface area contributed by atoms with E-state index in [4.69, 9.17) is 0 Å². The number of amides is 1. The lowest BCUT2D eigenvalue weighted by Crippen LogP contribution is -2.49. The van der Waals surface area contributed by atoms with E-state index >= 15 is 0 Å². The molecule has 1 aromatic rings. The van der Waals surface area contributed by atoms with Crippen LogP contribution in [0.2, 0.25) is 0 Å². The largest absolute Gasteiger partial charge is 0.348 e. The first kappa shape index (κ1) is 12.1. The third-order valence-corrected chi connectivity index (χ3v) is 4.75. The zero-order chi connectivity index (χ0) is 12.4. The second kappa shape index (κ2) is 5.33. The van der Waals surface area contributed by atoms with Crippen molar-refractivity contribution < 1.29 is 4.79 Å². The van der Waals surface area contributed by atoms with Crippen molar-refractivity contribution in [1.29, 1.82) is 0 Å². The minimum Gasteiger partial charge on any atom is -0.348 e. The SMILES string of the molecule is O=C(NC1CCc2ccccc21)C1CSCCN1. The Hall–Kier alpha value is -1.00. The lowest BCUT2D eigenvalue weighted by Gasteiger charge is -2.24. The Bertz CT molecular complexity index is 443. The average Bonchev–Trinajstić information content (AvgIpc) is 2.83. The Kier molecular flexibility index (Phi) is 3.57. The van der Waals surface area contributed by atoms with Gasteiger partial charge in [-0.3, -0.25) is 4.79 Å². The van der Waals surface area contributed by atoms with Crippen molar-refractivity contribution in [1.82, 2.24) is 10.6 Å². The van der Waals surface area contributed by atoms with Gasteiger partial charge in [-0.25, -0.2) is 0 Å². The first-order chi connectivity index (χ1) is 8.84. The highest BCUT2D eigenvalue weighted by Gasteiger charge is 2.27. The highest BCUT2D eigenvalue weighted by molar-refractivity contribution is 7.99. The first-order valence-corrected chi connectivity index (χ1v) is 7.69. The summed E-state index contributed by atoms with van der Waals surface area (Å²) < 4.78 is 0. The van der Waals surface area contributed by atoms with Crippen LogP contribution in [0.25, 0.3) is 0 Å². The monoisotopic (exact) mass is 262 g/mol. The molecule has 0 saturated carbocycles. The molecule has 2 atom stereocenters. The number of hydrogen-bond donors (Lipinski definition) is 2. The van der Waals surface area contributed by atoms with Gasteiger partial charge in [0.1, 0.15) is 0 Å². The van der Waals surface area contributed by atoms with Crippen LogP contribution >= 0.6 is 11.8 Å². The number of aryl methyl sites for hydroxylation is 1. The Morgan fingerprint density at radius 2 is 2.28 bits per heavy atom. The van der Waals surface area contributed by atoms with Crippen molar-refractivity contribution >= 4 is 17.7 Å². The molecule has 4 heteroatoms. The second-order valence-corrected chi connectivity index (χ2v) is 6.03. The molecule has 1 heterocycles. The maximum absolute atomic E-state index is 12.2. The minimum absolute atomic E-state index is 0.0171. The highest BCUT2D eigenvalue weighted by Crippen LogP contribution is 2.30. The molecule has 96 valence electrons. The number of benzene rings is 1. The third kappa shape index (κ3) is 2.40. The van der Waals surface area contributed by atoms with E-state index in [0.29, 0.717) is 0 Å². The normalized spacial score (nSPS) is 26.7. The molecular formula is C14H18N2OS. The maximum atomic E-state index is 12.2. The summed E-state index contributed by atoms with van der Waals surface area (Å²) in [6.45, 7) is 0.935. The summed E-state index contributed by atoms with van der Waals surface area (Å²) in [5.41, 5.74) is 2.68. The van der Waals surface area contributed by atoms with Gasteiger partial charge in [0, 0.05) is 18.1 Å². The summed E-state index contributed by atoms with van der Waals surface area (Å²) in [7, 11) is 0. The van der Waals surface area contributed by atoms with E-state index in [0.717, 1.165) is 30.9 Å². The van der Waals surface area contributed by atoms with Crippen molar-refractivity contribution in [2.75, 3.05) is 18.1 Å². The number of hydrogen-bond acceptors (Lipinski definition) is 3. The third-order valence-electron chi connectivity index (χ3n) is 3.69. The van der Waals surface area contributed by atoms with Gasteiger partial charge in [0.15, 0.2) is 0 Å². The van der Waals surface area contributed by atoms with Crippen LogP contribution < -0.4 is 10.6 Å². The molecule has 0 spiro atoms. The molecule has 1 fully saturated rings. The molecule has 1 aromatic carbocycles. The Morgan fingerprint density at radius 3 is 3.11 bits per heavy atom. The Balaban J connectivity index is 1.65. The van der Waals surface area contributed by atoms with Crippen LogP contribution in [0.15, 0.2) is 24.3 Å². The lowest BCUT2D eigenvalue weighted by atomic mass is 10.1. The van der Waals surface area contributed by atoms with Crippen LogP contribution in [0, 0.1) is 0 Å². The van der Waals surface area contributed by atoms with E-state index < -0.39 is 0 Å². The van der Waals surface area contributed by atoms with Crippen molar-refractivity contribution in [3.8, 4) is 0 Å². The smallest absolute Gasteiger partial charge is 0.238 e. The summed E-state index contributed by atoms with van der Waals surface area (Å²) in [6.07, 6.45) is 2.11. The van der Waals surface area contributed by atoms with Crippen LogP contribution in [0.1, 0.15) is 23.6 Å². The van der Waals surface area contributed by atoms with Crippen LogP contribution in [-0.4, -0.2) is 30.0 Å². The molecule has 0 radical (unpaired) electrons. The van der Waals surface area contributed by atoms with Crippen molar-refractivity contribution in [2.45, 2.75) is 24.9 Å². The number of carbonyl (C=O) groups excluding carboxylic acids is 1. The number of nitrogens with one attached hydrogen (secondary N) is 2. The van der Waals surface area contributed by atoms with Gasteiger partial charge in [-0.1, -0.05) is 24.3 Å². The van der Waals surface area contributed by atoms with E-state index in [1.807, 2.05) is 11.8 Å². The number of rotatable bonds is 2. The zero-order valence-electron chi connectivity index (χ0n) is 10.3. The topological polar surface area (TPSA) is 41.1 Å². The quantitative estimate of drug-likeness (QED) is 0.848. The summed E-state index contributed by atoms with van der Waals surface area (Å²) in [6, 6.07) is 8.62. The van der Waals surface area contributed by atoms with Crippen LogP contribution in [0.3, 0.4) is 0 Å². The van der Waals surface area contributed by atoms with E-state index in [1.54, 1.807) is 0 Å². The molecule has 1 aliphatic carbocycles. The molecule has 18 heavy (non-hydrogen) atoms. The summed E-state index contributed by atoms with van der Waals surface area (Å²) >= 11 is 1.85. The molecule has 2 N–H and O–H groups in total. The molecule has 3 rings (SSSR count). The minimum atomic E-state index is -0.0171. The molecule has 1 saturated heterocycles. The van der Waals surface area contributed by atoms with Gasteiger partial charge in [-0.15, -0.1) is 0 Å². The van der Waals surface area contributed by atoms with Crippen molar-refractivity contribution in [2.24, 2.45) is 0 Å². The van der Waals surface area contributed by atoms with Crippen molar-refractivity contribution in [3.63, 3.8) is 0 Å². The Morgan fingerprint density at radius 1 is 1.39 bits per heavy atom. The number of fused-ring (bicyclic) bond motifs is 1. The molecule has 3 nitrogen and oxygen atoms in total. The van der Waals surface area contributed by atoms with Crippen LogP contribution in [0.4, 0.5) is 0 Å². The fraction of sp³-hybridized carbons (Fsp3) is 0.500. The molecule has 1 amide bonds. The predicted octanol–water partition coefficient (Wildman–Crippen LogP) is 1.50. The second-order valence-electron chi connectivity index (χ2n) is 4.88. The molecule has 2 aliphatic rings. The highest BCUT2D eigenvalue weighted by atomic mass is 32.2. The number of thioether (sulfide) groups is 1. The van der Waals surface area contributed by atoms with E-state index in [9.17, 15) is 4.79 Å². The average molecular weight is 262 g/mol. The van der Waals surface area contributed by atoms with E-state index in [2.05, 4.69) is 34.9 Å². The van der Waals surface area contributed by atoms with Gasteiger partial charge >= 0.3 is 0 Å². The van der Waals surface area contributed by atoms with Crippen LogP contribution in [-0.2, 0) is 11.2 Å². The summed E-state index contributed by atoms with van der Waals surface area (Å²) in [5, 5.41) is 6.47. The molecule has 0 aromatic heterocycles. The van der Waals surface area contributed by atoms with Gasteiger partial charge in [0.05, 0.1) is 12.1 Å². The van der Waals surface area contributed by atoms with Crippen LogP contribution in [0.5, 0.6) is 0 Å². The first-order valence-electron chi connectivity index (χ1n) is 6.54. The summed E-state index contributed by atoms with van der Waals surface area (Å²) in [5.74, 6) is 2.15. The van der Waals surface area contributed by atoms with Gasteiger partial charge < -0.3 is 10.6 Å². The van der Waals surface area contributed by atoms with E-state index in [1.165, 1.54) is 11.1 Å². The predicted molar refractivity (Wildman–Crippen MR) is 74.8 cm³/mol. The molecule has 0 bridgehead atoms. The lowest BCUT2D eigenvalue weighted by molar-refractivity contribution is -0.123. The summed E-state index contributed by atoms with van der Waals surface area (Å²) in [4.78, 5) is 12.2. The van der Waals surface area contributed by atoms with E-state index in [-0.39, 0.29) is 18.0 Å². The molecule has 2 unspecified atom stereocenters.